The van der Waals surface area contributed by atoms with Crippen LogP contribution in [0.25, 0.3) is 27.6 Å². The van der Waals surface area contributed by atoms with Gasteiger partial charge >= 0.3 is 0 Å². The lowest BCUT2D eigenvalue weighted by Crippen LogP contribution is -2.44. The molecule has 11 nitrogen and oxygen atoms in total. The first-order chi connectivity index (χ1) is 21.3. The third-order valence-corrected chi connectivity index (χ3v) is 8.47. The van der Waals surface area contributed by atoms with E-state index in [-0.39, 0.29) is 42.5 Å². The highest BCUT2D eigenvalue weighted by atomic mass is 19.1. The topological polar surface area (TPSA) is 139 Å². The minimum atomic E-state index is -0.505. The van der Waals surface area contributed by atoms with Crippen molar-refractivity contribution in [1.29, 1.82) is 0 Å². The number of benzene rings is 2. The second-order valence-corrected chi connectivity index (χ2v) is 11.2. The van der Waals surface area contributed by atoms with Crippen LogP contribution in [0.3, 0.4) is 0 Å². The first-order valence-corrected chi connectivity index (χ1v) is 14.7. The van der Waals surface area contributed by atoms with Crippen LogP contribution in [0.5, 0.6) is 5.75 Å². The third kappa shape index (κ3) is 5.67. The normalized spacial score (nSPS) is 17.0. The van der Waals surface area contributed by atoms with E-state index in [1.807, 2.05) is 30.3 Å². The Hall–Kier alpha value is -5.00. The summed E-state index contributed by atoms with van der Waals surface area (Å²) in [6, 6.07) is 10.9. The highest BCUT2D eigenvalue weighted by Gasteiger charge is 2.30. The van der Waals surface area contributed by atoms with Gasteiger partial charge in [0.15, 0.2) is 5.82 Å². The van der Waals surface area contributed by atoms with Gasteiger partial charge in [0.2, 0.25) is 11.8 Å². The zero-order chi connectivity index (χ0) is 30.8. The van der Waals surface area contributed by atoms with E-state index in [1.54, 1.807) is 46.1 Å². The second-order valence-electron chi connectivity index (χ2n) is 11.2. The summed E-state index contributed by atoms with van der Waals surface area (Å²) in [6.07, 6.45) is 7.35. The summed E-state index contributed by atoms with van der Waals surface area (Å²) in [5, 5.41) is 8.22. The average Bonchev–Trinajstić information content (AvgIpc) is 3.75. The Morgan fingerprint density at radius 3 is 2.73 bits per heavy atom. The number of carbonyl (C=O) groups is 3. The van der Waals surface area contributed by atoms with Gasteiger partial charge in [-0.2, -0.15) is 0 Å². The summed E-state index contributed by atoms with van der Waals surface area (Å²) in [6.45, 7) is 1.90. The van der Waals surface area contributed by atoms with Gasteiger partial charge in [0.05, 0.1) is 31.3 Å². The standard InChI is InChI=1S/C32H34FN7O4/c1-44-27-9-3-2-8-22(27)24-16-23(20-6-4-12-38(18-20)28(41)10-14-40-15-11-35-37-40)29(33)30-25(24)17-26(36-30)32(43)39-13-5-7-21(19-39)31(34)42/h2-3,6,8-9,11,15-17,21,36H,4-5,7,10,12-14,18-19H2,1H3,(H2,34,42)/t21-/m0/s1. The molecule has 2 aliphatic rings. The zero-order valence-corrected chi connectivity index (χ0v) is 24.5. The molecule has 1 saturated heterocycles. The number of aromatic amines is 1. The molecule has 0 radical (unpaired) electrons. The number of rotatable bonds is 8. The molecule has 2 aromatic heterocycles. The molecule has 6 rings (SSSR count). The maximum Gasteiger partial charge on any atom is 0.270 e. The molecule has 1 atom stereocenters. The summed E-state index contributed by atoms with van der Waals surface area (Å²) in [5.74, 6) is -1.12. The van der Waals surface area contributed by atoms with Gasteiger partial charge in [-0.25, -0.2) is 4.39 Å². The number of aryl methyl sites for hydroxylation is 1. The number of ether oxygens (including phenoxy) is 1. The van der Waals surface area contributed by atoms with Crippen molar-refractivity contribution >= 4 is 34.2 Å². The summed E-state index contributed by atoms with van der Waals surface area (Å²) in [7, 11) is 1.57. The molecule has 4 heterocycles. The number of hydrogen-bond donors (Lipinski definition) is 2. The number of para-hydroxylation sites is 1. The highest BCUT2D eigenvalue weighted by Crippen LogP contribution is 2.40. The van der Waals surface area contributed by atoms with Gasteiger partial charge in [0.1, 0.15) is 11.4 Å². The van der Waals surface area contributed by atoms with E-state index in [0.29, 0.717) is 66.7 Å². The summed E-state index contributed by atoms with van der Waals surface area (Å²) in [4.78, 5) is 44.9. The quantitative estimate of drug-likeness (QED) is 0.317. The number of nitrogens with zero attached hydrogens (tertiary/aromatic N) is 5. The van der Waals surface area contributed by atoms with Crippen molar-refractivity contribution < 1.29 is 23.5 Å². The number of amides is 3. The predicted octanol–water partition coefficient (Wildman–Crippen LogP) is 3.62. The number of hydrogen-bond acceptors (Lipinski definition) is 6. The second kappa shape index (κ2) is 12.3. The molecule has 228 valence electrons. The van der Waals surface area contributed by atoms with Crippen molar-refractivity contribution in [2.45, 2.75) is 32.2 Å². The predicted molar refractivity (Wildman–Crippen MR) is 162 cm³/mol. The SMILES string of the molecule is COc1ccccc1-c1cc(C2=CCCN(C(=O)CCn3ccnn3)C2)c(F)c2[nH]c(C(=O)N3CCC[C@H](C(N)=O)C3)cc12. The van der Waals surface area contributed by atoms with E-state index in [4.69, 9.17) is 10.5 Å². The van der Waals surface area contributed by atoms with Crippen LogP contribution in [0.15, 0.2) is 54.9 Å². The van der Waals surface area contributed by atoms with Gasteiger partial charge in [-0.05, 0) is 48.6 Å². The number of H-pyrrole nitrogens is 1. The number of nitrogens with two attached hydrogens (primary N) is 1. The van der Waals surface area contributed by atoms with Gasteiger partial charge < -0.3 is 25.3 Å². The molecule has 12 heteroatoms. The molecule has 0 bridgehead atoms. The Bertz CT molecular complexity index is 1750. The number of likely N-dealkylation sites (tertiary alicyclic amines) is 1. The maximum atomic E-state index is 16.5. The van der Waals surface area contributed by atoms with Gasteiger partial charge in [-0.15, -0.1) is 5.10 Å². The molecule has 2 aliphatic heterocycles. The van der Waals surface area contributed by atoms with Crippen LogP contribution in [0.4, 0.5) is 4.39 Å². The van der Waals surface area contributed by atoms with Gasteiger partial charge in [0, 0.05) is 55.3 Å². The first kappa shape index (κ1) is 29.1. The number of aromatic nitrogens is 4. The summed E-state index contributed by atoms with van der Waals surface area (Å²) < 4.78 is 23.7. The van der Waals surface area contributed by atoms with Crippen LogP contribution in [0, 0.1) is 11.7 Å². The number of methoxy groups -OCH3 is 1. The first-order valence-electron chi connectivity index (χ1n) is 14.7. The average molecular weight is 600 g/mol. The molecule has 3 amide bonds. The number of halogens is 1. The minimum Gasteiger partial charge on any atom is -0.496 e. The molecule has 3 N–H and O–H groups in total. The third-order valence-electron chi connectivity index (χ3n) is 8.47. The lowest BCUT2D eigenvalue weighted by atomic mass is 9.92. The molecule has 44 heavy (non-hydrogen) atoms. The Labute approximate surface area is 253 Å². The van der Waals surface area contributed by atoms with Gasteiger partial charge in [-0.1, -0.05) is 29.5 Å². The van der Waals surface area contributed by atoms with E-state index in [0.717, 1.165) is 5.56 Å². The summed E-state index contributed by atoms with van der Waals surface area (Å²) in [5.41, 5.74) is 8.40. The Kier molecular flexibility index (Phi) is 8.14. The van der Waals surface area contributed by atoms with E-state index in [2.05, 4.69) is 15.3 Å². The lowest BCUT2D eigenvalue weighted by Gasteiger charge is -2.30. The van der Waals surface area contributed by atoms with Crippen LogP contribution >= 0.6 is 0 Å². The van der Waals surface area contributed by atoms with Crippen LogP contribution in [0.1, 0.15) is 41.7 Å². The molecule has 2 aromatic carbocycles. The molecule has 0 unspecified atom stereocenters. The van der Waals surface area contributed by atoms with Crippen LogP contribution in [-0.4, -0.2) is 80.8 Å². The Balaban J connectivity index is 1.37. The van der Waals surface area contributed by atoms with Crippen molar-refractivity contribution in [2.75, 3.05) is 33.3 Å². The Morgan fingerprint density at radius 2 is 1.95 bits per heavy atom. The highest BCUT2D eigenvalue weighted by molar-refractivity contribution is 6.05. The Morgan fingerprint density at radius 1 is 1.11 bits per heavy atom. The molecular formula is C32H34FN7O4. The molecule has 4 aromatic rings. The van der Waals surface area contributed by atoms with E-state index in [1.165, 1.54) is 0 Å². The van der Waals surface area contributed by atoms with Gasteiger partial charge in [-0.3, -0.25) is 19.1 Å². The number of carbonyl (C=O) groups excluding carboxylic acids is 3. The van der Waals surface area contributed by atoms with Gasteiger partial charge in [0.25, 0.3) is 5.91 Å². The zero-order valence-electron chi connectivity index (χ0n) is 24.5. The fourth-order valence-corrected chi connectivity index (χ4v) is 6.14. The number of primary amides is 1. The smallest absolute Gasteiger partial charge is 0.270 e. The fraction of sp³-hybridized carbons (Fsp3) is 0.344. The van der Waals surface area contributed by atoms with E-state index >= 15 is 4.39 Å². The number of nitrogens with one attached hydrogen (secondary N) is 1. The van der Waals surface area contributed by atoms with Crippen LogP contribution in [-0.2, 0) is 16.1 Å². The largest absolute Gasteiger partial charge is 0.496 e. The van der Waals surface area contributed by atoms with Crippen molar-refractivity contribution in [3.05, 3.63) is 71.9 Å². The fourth-order valence-electron chi connectivity index (χ4n) is 6.14. The van der Waals surface area contributed by atoms with E-state index < -0.39 is 17.6 Å². The van der Waals surface area contributed by atoms with Crippen LogP contribution < -0.4 is 10.5 Å². The molecule has 0 aliphatic carbocycles. The number of piperidine rings is 1. The minimum absolute atomic E-state index is 0.0545. The molecule has 0 saturated carbocycles. The van der Waals surface area contributed by atoms with Crippen LogP contribution in [0.2, 0.25) is 0 Å². The van der Waals surface area contributed by atoms with Crippen molar-refractivity contribution in [3.63, 3.8) is 0 Å². The molecule has 1 fully saturated rings. The monoisotopic (exact) mass is 599 g/mol. The molecular weight excluding hydrogens is 565 g/mol. The number of fused-ring (bicyclic) bond motifs is 1. The lowest BCUT2D eigenvalue weighted by molar-refractivity contribution is -0.131. The van der Waals surface area contributed by atoms with E-state index in [9.17, 15) is 14.4 Å². The summed E-state index contributed by atoms with van der Waals surface area (Å²) >= 11 is 0. The van der Waals surface area contributed by atoms with Crippen molar-refractivity contribution in [3.8, 4) is 16.9 Å². The van der Waals surface area contributed by atoms with Crippen molar-refractivity contribution in [1.82, 2.24) is 29.8 Å². The van der Waals surface area contributed by atoms with Crippen molar-refractivity contribution in [2.24, 2.45) is 11.7 Å². The maximum absolute atomic E-state index is 16.5. The molecule has 0 spiro atoms.